The molecule has 2 aromatic rings. The summed E-state index contributed by atoms with van der Waals surface area (Å²) in [6, 6.07) is 16.1. The predicted molar refractivity (Wildman–Crippen MR) is 116 cm³/mol. The second kappa shape index (κ2) is 11.8. The Balaban J connectivity index is 0.00000300. The first-order chi connectivity index (χ1) is 13.7. The summed E-state index contributed by atoms with van der Waals surface area (Å²) >= 11 is 0. The second-order valence-electron chi connectivity index (χ2n) is 7.15. The highest BCUT2D eigenvalue weighted by Gasteiger charge is 2.18. The van der Waals surface area contributed by atoms with Gasteiger partial charge in [0.15, 0.2) is 6.61 Å². The van der Waals surface area contributed by atoms with Crippen LogP contribution in [0.3, 0.4) is 0 Å². The third-order valence-electron chi connectivity index (χ3n) is 5.09. The normalized spacial score (nSPS) is 16.7. The Labute approximate surface area is 178 Å². The monoisotopic (exact) mass is 419 g/mol. The zero-order chi connectivity index (χ0) is 19.8. The molecule has 0 bridgehead atoms. The highest BCUT2D eigenvalue weighted by molar-refractivity contribution is 5.85. The van der Waals surface area contributed by atoms with Crippen LogP contribution in [0.15, 0.2) is 48.5 Å². The van der Waals surface area contributed by atoms with E-state index < -0.39 is 6.10 Å². The van der Waals surface area contributed by atoms with Crippen LogP contribution in [0.25, 0.3) is 0 Å². The van der Waals surface area contributed by atoms with Crippen LogP contribution in [0.4, 0.5) is 0 Å². The van der Waals surface area contributed by atoms with E-state index in [0.717, 1.165) is 31.2 Å². The molecule has 0 amide bonds. The van der Waals surface area contributed by atoms with Crippen LogP contribution in [0, 0.1) is 0 Å². The zero-order valence-electron chi connectivity index (χ0n) is 16.8. The van der Waals surface area contributed by atoms with E-state index in [1.54, 1.807) is 6.92 Å². The Bertz CT molecular complexity index is 769. The lowest BCUT2D eigenvalue weighted by Crippen LogP contribution is -2.34. The van der Waals surface area contributed by atoms with Crippen LogP contribution in [0.5, 0.6) is 5.75 Å². The highest BCUT2D eigenvalue weighted by atomic mass is 35.5. The molecule has 0 heterocycles. The molecule has 29 heavy (non-hydrogen) atoms. The van der Waals surface area contributed by atoms with Gasteiger partial charge in [-0.05, 0) is 61.4 Å². The van der Waals surface area contributed by atoms with Crippen molar-refractivity contribution in [1.82, 2.24) is 5.32 Å². The fourth-order valence-electron chi connectivity index (χ4n) is 3.62. The lowest BCUT2D eigenvalue weighted by molar-refractivity contribution is -0.145. The molecule has 1 aliphatic carbocycles. The SMILES string of the molecule is CCOC(=O)COc1ccc2c(c1)C[C@@H](NC[C@H](O)c1ccccc1)CCC2.Cl. The molecule has 1 aliphatic rings. The Hall–Kier alpha value is -2.08. The van der Waals surface area contributed by atoms with E-state index in [1.807, 2.05) is 42.5 Å². The van der Waals surface area contributed by atoms with Gasteiger partial charge in [0.1, 0.15) is 5.75 Å². The topological polar surface area (TPSA) is 67.8 Å². The number of hydrogen-bond donors (Lipinski definition) is 2. The van der Waals surface area contributed by atoms with E-state index in [-0.39, 0.29) is 25.0 Å². The maximum absolute atomic E-state index is 11.5. The molecule has 5 nitrogen and oxygen atoms in total. The van der Waals surface area contributed by atoms with Crippen molar-refractivity contribution in [3.05, 3.63) is 65.2 Å². The average Bonchev–Trinajstić information content (AvgIpc) is 2.92. The van der Waals surface area contributed by atoms with Gasteiger partial charge in [-0.2, -0.15) is 0 Å². The molecule has 0 aromatic heterocycles. The number of aliphatic hydroxyl groups excluding tert-OH is 1. The van der Waals surface area contributed by atoms with E-state index in [1.165, 1.54) is 11.1 Å². The zero-order valence-corrected chi connectivity index (χ0v) is 17.6. The number of carbonyl (C=O) groups is 1. The van der Waals surface area contributed by atoms with E-state index in [4.69, 9.17) is 9.47 Å². The van der Waals surface area contributed by atoms with Gasteiger partial charge in [-0.25, -0.2) is 4.79 Å². The number of rotatable bonds is 8. The summed E-state index contributed by atoms with van der Waals surface area (Å²) in [5.41, 5.74) is 3.50. The fourth-order valence-corrected chi connectivity index (χ4v) is 3.62. The molecule has 3 rings (SSSR count). The second-order valence-corrected chi connectivity index (χ2v) is 7.15. The molecule has 0 aliphatic heterocycles. The Morgan fingerprint density at radius 2 is 2.00 bits per heavy atom. The van der Waals surface area contributed by atoms with Crippen LogP contribution in [-0.4, -0.2) is 36.9 Å². The van der Waals surface area contributed by atoms with Crippen molar-refractivity contribution < 1.29 is 19.4 Å². The van der Waals surface area contributed by atoms with Crippen molar-refractivity contribution in [1.29, 1.82) is 0 Å². The molecule has 2 atom stereocenters. The molecule has 6 heteroatoms. The van der Waals surface area contributed by atoms with Crippen LogP contribution in [0.2, 0.25) is 0 Å². The first-order valence-corrected chi connectivity index (χ1v) is 10.0. The minimum atomic E-state index is -0.511. The minimum absolute atomic E-state index is 0. The smallest absolute Gasteiger partial charge is 0.344 e. The summed E-state index contributed by atoms with van der Waals surface area (Å²) in [7, 11) is 0. The Morgan fingerprint density at radius 3 is 2.76 bits per heavy atom. The van der Waals surface area contributed by atoms with Crippen molar-refractivity contribution in [2.75, 3.05) is 19.8 Å². The number of fused-ring (bicyclic) bond motifs is 1. The predicted octanol–water partition coefficient (Wildman–Crippen LogP) is 3.62. The number of hydrogen-bond acceptors (Lipinski definition) is 5. The van der Waals surface area contributed by atoms with Gasteiger partial charge in [-0.1, -0.05) is 36.4 Å². The molecule has 0 radical (unpaired) electrons. The van der Waals surface area contributed by atoms with E-state index in [2.05, 4.69) is 11.4 Å². The molecule has 2 N–H and O–H groups in total. The lowest BCUT2D eigenvalue weighted by atomic mass is 10.0. The first-order valence-electron chi connectivity index (χ1n) is 10.0. The minimum Gasteiger partial charge on any atom is -0.482 e. The van der Waals surface area contributed by atoms with Crippen molar-refractivity contribution >= 4 is 18.4 Å². The number of benzene rings is 2. The summed E-state index contributed by atoms with van der Waals surface area (Å²) in [4.78, 5) is 11.5. The number of halogens is 1. The summed E-state index contributed by atoms with van der Waals surface area (Å²) < 4.78 is 10.5. The molecule has 0 fully saturated rings. The number of aliphatic hydroxyl groups is 1. The quantitative estimate of drug-likeness (QED) is 0.505. The van der Waals surface area contributed by atoms with Gasteiger partial charge in [0.2, 0.25) is 0 Å². The molecule has 158 valence electrons. The molecule has 0 saturated heterocycles. The van der Waals surface area contributed by atoms with Crippen molar-refractivity contribution in [3.8, 4) is 5.75 Å². The van der Waals surface area contributed by atoms with Gasteiger partial charge in [-0.3, -0.25) is 0 Å². The molecular weight excluding hydrogens is 390 g/mol. The molecule has 0 saturated carbocycles. The van der Waals surface area contributed by atoms with Gasteiger partial charge >= 0.3 is 5.97 Å². The van der Waals surface area contributed by atoms with Gasteiger partial charge in [0, 0.05) is 12.6 Å². The van der Waals surface area contributed by atoms with Gasteiger partial charge in [0.05, 0.1) is 12.7 Å². The summed E-state index contributed by atoms with van der Waals surface area (Å²) in [6.45, 7) is 2.59. The third kappa shape index (κ3) is 7.03. The summed E-state index contributed by atoms with van der Waals surface area (Å²) in [5, 5.41) is 13.9. The number of esters is 1. The van der Waals surface area contributed by atoms with E-state index >= 15 is 0 Å². The summed E-state index contributed by atoms with van der Waals surface area (Å²) in [6.07, 6.45) is 3.58. The number of ether oxygens (including phenoxy) is 2. The van der Waals surface area contributed by atoms with Crippen molar-refractivity contribution in [3.63, 3.8) is 0 Å². The Kier molecular flexibility index (Phi) is 9.45. The maximum Gasteiger partial charge on any atom is 0.344 e. The maximum atomic E-state index is 11.5. The van der Waals surface area contributed by atoms with Crippen LogP contribution < -0.4 is 10.1 Å². The van der Waals surface area contributed by atoms with Crippen LogP contribution in [-0.2, 0) is 22.4 Å². The van der Waals surface area contributed by atoms with E-state index in [0.29, 0.717) is 24.9 Å². The first kappa shape index (κ1) is 23.2. The summed E-state index contributed by atoms with van der Waals surface area (Å²) in [5.74, 6) is 0.337. The largest absolute Gasteiger partial charge is 0.482 e. The average molecular weight is 420 g/mol. The molecule has 0 spiro atoms. The third-order valence-corrected chi connectivity index (χ3v) is 5.09. The van der Waals surface area contributed by atoms with Crippen LogP contribution >= 0.6 is 12.4 Å². The van der Waals surface area contributed by atoms with Gasteiger partial charge in [-0.15, -0.1) is 12.4 Å². The number of aryl methyl sites for hydroxylation is 1. The van der Waals surface area contributed by atoms with Crippen molar-refractivity contribution in [2.24, 2.45) is 0 Å². The number of nitrogens with one attached hydrogen (secondary N) is 1. The fraction of sp³-hybridized carbons (Fsp3) is 0.435. The van der Waals surface area contributed by atoms with Gasteiger partial charge in [0.25, 0.3) is 0 Å². The van der Waals surface area contributed by atoms with E-state index in [9.17, 15) is 9.90 Å². The molecule has 2 aromatic carbocycles. The standard InChI is InChI=1S/C23H29NO4.ClH/c1-2-27-23(26)16-28-21-12-11-17-9-6-10-20(13-19(17)14-21)24-15-22(25)18-7-4-3-5-8-18;/h3-5,7-8,11-12,14,20,22,24-25H,2,6,9-10,13,15-16H2,1H3;1H/t20-,22-;/m0./s1. The lowest BCUT2D eigenvalue weighted by Gasteiger charge is -2.20. The van der Waals surface area contributed by atoms with Crippen molar-refractivity contribution in [2.45, 2.75) is 44.8 Å². The number of carbonyl (C=O) groups excluding carboxylic acids is 1. The molecule has 0 unspecified atom stereocenters. The van der Waals surface area contributed by atoms with Gasteiger partial charge < -0.3 is 19.9 Å². The highest BCUT2D eigenvalue weighted by Crippen LogP contribution is 2.25. The molecular formula is C23H30ClNO4. The Morgan fingerprint density at radius 1 is 1.21 bits per heavy atom. The van der Waals surface area contributed by atoms with Crippen LogP contribution in [0.1, 0.15) is 42.6 Å².